The van der Waals surface area contributed by atoms with Crippen LogP contribution < -0.4 is 5.73 Å². The minimum atomic E-state index is 0.167. The fourth-order valence-electron chi connectivity index (χ4n) is 2.71. The first-order valence-corrected chi connectivity index (χ1v) is 6.76. The zero-order valence-corrected chi connectivity index (χ0v) is 11.1. The molecule has 0 aromatic heterocycles. The van der Waals surface area contributed by atoms with E-state index in [4.69, 9.17) is 17.3 Å². The van der Waals surface area contributed by atoms with Crippen molar-refractivity contribution in [3.63, 3.8) is 0 Å². The normalized spacial score (nSPS) is 17.4. The standard InChI is InChI=1S/C14H20ClNO/c1-9(8-16)13-11-6-4-2-3-5-10(11)7-12(15)14(13)17/h7,9,17H,2-6,8,16H2,1H3. The zero-order chi connectivity index (χ0) is 12.4. The van der Waals surface area contributed by atoms with Crippen LogP contribution in [0.4, 0.5) is 0 Å². The van der Waals surface area contributed by atoms with E-state index in [1.54, 1.807) is 0 Å². The lowest BCUT2D eigenvalue weighted by molar-refractivity contribution is 0.461. The van der Waals surface area contributed by atoms with E-state index in [9.17, 15) is 5.11 Å². The Morgan fingerprint density at radius 1 is 1.35 bits per heavy atom. The van der Waals surface area contributed by atoms with Gasteiger partial charge in [0.25, 0.3) is 0 Å². The third kappa shape index (κ3) is 2.43. The fourth-order valence-corrected chi connectivity index (χ4v) is 2.95. The van der Waals surface area contributed by atoms with Crippen LogP contribution in [0.5, 0.6) is 5.75 Å². The molecule has 0 radical (unpaired) electrons. The van der Waals surface area contributed by atoms with E-state index in [2.05, 4.69) is 6.92 Å². The number of phenols is 1. The van der Waals surface area contributed by atoms with Crippen LogP contribution in [0.3, 0.4) is 0 Å². The first kappa shape index (κ1) is 12.7. The highest BCUT2D eigenvalue weighted by atomic mass is 35.5. The lowest BCUT2D eigenvalue weighted by Gasteiger charge is -2.20. The van der Waals surface area contributed by atoms with Gasteiger partial charge in [0.2, 0.25) is 0 Å². The van der Waals surface area contributed by atoms with E-state index in [0.29, 0.717) is 11.6 Å². The maximum Gasteiger partial charge on any atom is 0.137 e. The summed E-state index contributed by atoms with van der Waals surface area (Å²) in [5.74, 6) is 0.408. The topological polar surface area (TPSA) is 46.2 Å². The first-order valence-electron chi connectivity index (χ1n) is 6.38. The van der Waals surface area contributed by atoms with E-state index in [-0.39, 0.29) is 11.7 Å². The number of halogens is 1. The summed E-state index contributed by atoms with van der Waals surface area (Å²) in [6, 6.07) is 1.93. The van der Waals surface area contributed by atoms with Crippen molar-refractivity contribution in [2.75, 3.05) is 6.54 Å². The van der Waals surface area contributed by atoms with Crippen LogP contribution in [0.1, 0.15) is 48.8 Å². The Kier molecular flexibility index (Phi) is 3.95. The van der Waals surface area contributed by atoms with Crippen molar-refractivity contribution in [3.8, 4) is 5.75 Å². The number of aromatic hydroxyl groups is 1. The van der Waals surface area contributed by atoms with Gasteiger partial charge in [0.1, 0.15) is 5.75 Å². The summed E-state index contributed by atoms with van der Waals surface area (Å²) >= 11 is 6.11. The molecule has 1 unspecified atom stereocenters. The average molecular weight is 254 g/mol. The van der Waals surface area contributed by atoms with Crippen LogP contribution in [0.15, 0.2) is 6.07 Å². The van der Waals surface area contributed by atoms with E-state index in [0.717, 1.165) is 18.4 Å². The summed E-state index contributed by atoms with van der Waals surface area (Å²) < 4.78 is 0. The first-order chi connectivity index (χ1) is 8.15. The molecule has 0 aliphatic heterocycles. The molecule has 1 aromatic rings. The predicted octanol–water partition coefficient (Wildman–Crippen LogP) is 3.38. The second-order valence-electron chi connectivity index (χ2n) is 4.96. The van der Waals surface area contributed by atoms with Crippen LogP contribution in [-0.2, 0) is 12.8 Å². The van der Waals surface area contributed by atoms with Crippen molar-refractivity contribution >= 4 is 11.6 Å². The summed E-state index contributed by atoms with van der Waals surface area (Å²) in [4.78, 5) is 0. The second-order valence-corrected chi connectivity index (χ2v) is 5.36. The number of rotatable bonds is 2. The van der Waals surface area contributed by atoms with Crippen LogP contribution in [0.25, 0.3) is 0 Å². The Hall–Kier alpha value is -0.730. The SMILES string of the molecule is CC(CN)c1c(O)c(Cl)cc2c1CCCCC2. The zero-order valence-electron chi connectivity index (χ0n) is 10.3. The molecule has 1 aliphatic rings. The van der Waals surface area contributed by atoms with Gasteiger partial charge in [-0.15, -0.1) is 0 Å². The molecule has 17 heavy (non-hydrogen) atoms. The number of hydrogen-bond donors (Lipinski definition) is 2. The molecule has 3 heteroatoms. The summed E-state index contributed by atoms with van der Waals surface area (Å²) in [7, 11) is 0. The van der Waals surface area contributed by atoms with E-state index >= 15 is 0 Å². The molecular weight excluding hydrogens is 234 g/mol. The van der Waals surface area contributed by atoms with Crippen LogP contribution in [-0.4, -0.2) is 11.7 Å². The number of hydrogen-bond acceptors (Lipinski definition) is 2. The quantitative estimate of drug-likeness (QED) is 0.794. The smallest absolute Gasteiger partial charge is 0.137 e. The summed E-state index contributed by atoms with van der Waals surface area (Å²) in [6.45, 7) is 2.59. The third-order valence-electron chi connectivity index (χ3n) is 3.71. The molecule has 0 fully saturated rings. The molecule has 1 atom stereocenters. The number of fused-ring (bicyclic) bond motifs is 1. The van der Waals surface area contributed by atoms with Crippen molar-refractivity contribution in [2.45, 2.75) is 44.9 Å². The molecule has 1 aliphatic carbocycles. The van der Waals surface area contributed by atoms with Gasteiger partial charge in [-0.3, -0.25) is 0 Å². The van der Waals surface area contributed by atoms with Gasteiger partial charge >= 0.3 is 0 Å². The summed E-state index contributed by atoms with van der Waals surface area (Å²) in [5.41, 5.74) is 9.32. The maximum atomic E-state index is 10.2. The van der Waals surface area contributed by atoms with Gasteiger partial charge in [-0.05, 0) is 55.3 Å². The van der Waals surface area contributed by atoms with Crippen molar-refractivity contribution in [3.05, 3.63) is 27.8 Å². The predicted molar refractivity (Wildman–Crippen MR) is 71.8 cm³/mol. The Balaban J connectivity index is 2.57. The van der Waals surface area contributed by atoms with Crippen molar-refractivity contribution in [2.24, 2.45) is 5.73 Å². The Morgan fingerprint density at radius 2 is 2.06 bits per heavy atom. The summed E-state index contributed by atoms with van der Waals surface area (Å²) in [5, 5.41) is 10.6. The average Bonchev–Trinajstić information content (AvgIpc) is 2.55. The molecule has 0 saturated heterocycles. The highest BCUT2D eigenvalue weighted by molar-refractivity contribution is 6.32. The molecule has 0 saturated carbocycles. The van der Waals surface area contributed by atoms with Gasteiger partial charge in [-0.2, -0.15) is 0 Å². The number of phenolic OH excluding ortho intramolecular Hbond substituents is 1. The van der Waals surface area contributed by atoms with Crippen molar-refractivity contribution in [1.82, 2.24) is 0 Å². The Morgan fingerprint density at radius 3 is 2.76 bits per heavy atom. The van der Waals surface area contributed by atoms with Crippen molar-refractivity contribution in [1.29, 1.82) is 0 Å². The van der Waals surface area contributed by atoms with Gasteiger partial charge in [0, 0.05) is 5.56 Å². The molecule has 0 heterocycles. The third-order valence-corrected chi connectivity index (χ3v) is 4.00. The number of benzene rings is 1. The molecular formula is C14H20ClNO. The van der Waals surface area contributed by atoms with Gasteiger partial charge in [0.05, 0.1) is 5.02 Å². The molecule has 3 N–H and O–H groups in total. The molecule has 2 nitrogen and oxygen atoms in total. The largest absolute Gasteiger partial charge is 0.506 e. The Bertz CT molecular complexity index is 417. The molecule has 0 amide bonds. The van der Waals surface area contributed by atoms with E-state index in [1.807, 2.05) is 6.07 Å². The lowest BCUT2D eigenvalue weighted by Crippen LogP contribution is -2.12. The summed E-state index contributed by atoms with van der Waals surface area (Å²) in [6.07, 6.45) is 5.77. The molecule has 94 valence electrons. The van der Waals surface area contributed by atoms with Gasteiger partial charge in [-0.25, -0.2) is 0 Å². The van der Waals surface area contributed by atoms with Gasteiger partial charge < -0.3 is 10.8 Å². The Labute approximate surface area is 108 Å². The monoisotopic (exact) mass is 253 g/mol. The minimum absolute atomic E-state index is 0.167. The molecule has 0 spiro atoms. The lowest BCUT2D eigenvalue weighted by atomic mass is 9.89. The van der Waals surface area contributed by atoms with Crippen LogP contribution >= 0.6 is 11.6 Å². The van der Waals surface area contributed by atoms with E-state index < -0.39 is 0 Å². The molecule has 2 rings (SSSR count). The van der Waals surface area contributed by atoms with Crippen molar-refractivity contribution < 1.29 is 5.11 Å². The minimum Gasteiger partial charge on any atom is -0.506 e. The van der Waals surface area contributed by atoms with Crippen LogP contribution in [0.2, 0.25) is 5.02 Å². The second kappa shape index (κ2) is 5.28. The number of aryl methyl sites for hydroxylation is 1. The number of nitrogens with two attached hydrogens (primary N) is 1. The molecule has 1 aromatic carbocycles. The van der Waals surface area contributed by atoms with Gasteiger partial charge in [-0.1, -0.05) is 24.9 Å². The highest BCUT2D eigenvalue weighted by Crippen LogP contribution is 2.39. The molecule has 0 bridgehead atoms. The van der Waals surface area contributed by atoms with Crippen LogP contribution in [0, 0.1) is 0 Å². The van der Waals surface area contributed by atoms with Gasteiger partial charge in [0.15, 0.2) is 0 Å². The highest BCUT2D eigenvalue weighted by Gasteiger charge is 2.21. The van der Waals surface area contributed by atoms with E-state index in [1.165, 1.54) is 30.4 Å². The maximum absolute atomic E-state index is 10.2. The fraction of sp³-hybridized carbons (Fsp3) is 0.571.